The Labute approximate surface area is 236 Å². The van der Waals surface area contributed by atoms with E-state index in [9.17, 15) is 14.0 Å². The first kappa shape index (κ1) is 29.4. The van der Waals surface area contributed by atoms with Crippen molar-refractivity contribution in [1.29, 1.82) is 0 Å². The highest BCUT2D eigenvalue weighted by Crippen LogP contribution is 2.34. The van der Waals surface area contributed by atoms with Gasteiger partial charge in [-0.3, -0.25) is 9.78 Å². The van der Waals surface area contributed by atoms with E-state index in [2.05, 4.69) is 11.1 Å². The summed E-state index contributed by atoms with van der Waals surface area (Å²) >= 11 is 1.30. The lowest BCUT2D eigenvalue weighted by atomic mass is 9.78. The van der Waals surface area contributed by atoms with Gasteiger partial charge in [0.15, 0.2) is 0 Å². The molecule has 6 nitrogen and oxygen atoms in total. The third kappa shape index (κ3) is 9.23. The van der Waals surface area contributed by atoms with Crippen LogP contribution in [0.2, 0.25) is 0 Å². The van der Waals surface area contributed by atoms with Crippen molar-refractivity contribution < 1.29 is 23.5 Å². The summed E-state index contributed by atoms with van der Waals surface area (Å²) in [5, 5.41) is -0.0525. The number of nitrogens with zero attached hydrogens (tertiary/aromatic N) is 2. The van der Waals surface area contributed by atoms with Crippen LogP contribution in [0.3, 0.4) is 0 Å². The number of carbonyl (C=O) groups excluding carboxylic acids is 2. The lowest BCUT2D eigenvalue weighted by Gasteiger charge is -2.29. The van der Waals surface area contributed by atoms with Crippen LogP contribution >= 0.6 is 11.8 Å². The van der Waals surface area contributed by atoms with Crippen molar-refractivity contribution in [2.75, 3.05) is 18.9 Å². The molecule has 1 saturated carbocycles. The second kappa shape index (κ2) is 13.6. The van der Waals surface area contributed by atoms with Crippen LogP contribution in [0.5, 0.6) is 5.75 Å². The summed E-state index contributed by atoms with van der Waals surface area (Å²) in [6.07, 6.45) is 12.0. The molecule has 0 radical (unpaired) electrons. The van der Waals surface area contributed by atoms with Crippen LogP contribution in [0.25, 0.3) is 0 Å². The van der Waals surface area contributed by atoms with Crippen molar-refractivity contribution in [2.45, 2.75) is 83.8 Å². The molecule has 0 unspecified atom stereocenters. The number of thioether (sulfide) groups is 1. The maximum absolute atomic E-state index is 13.4. The van der Waals surface area contributed by atoms with Crippen LogP contribution in [0.1, 0.15) is 81.6 Å². The zero-order valence-corrected chi connectivity index (χ0v) is 24.2. The Hall–Kier alpha value is -2.61. The van der Waals surface area contributed by atoms with E-state index < -0.39 is 5.60 Å². The minimum absolute atomic E-state index is 0.0149. The van der Waals surface area contributed by atoms with Gasteiger partial charge in [-0.05, 0) is 94.9 Å². The molecule has 1 amide bonds. The van der Waals surface area contributed by atoms with Crippen molar-refractivity contribution in [3.05, 3.63) is 59.7 Å². The van der Waals surface area contributed by atoms with Gasteiger partial charge in [0, 0.05) is 24.1 Å². The third-order valence-corrected chi connectivity index (χ3v) is 8.47. The normalized spacial score (nSPS) is 21.5. The highest BCUT2D eigenvalue weighted by molar-refractivity contribution is 8.14. The number of aromatic nitrogens is 1. The van der Waals surface area contributed by atoms with Gasteiger partial charge in [-0.15, -0.1) is 0 Å². The van der Waals surface area contributed by atoms with Crippen molar-refractivity contribution >= 4 is 23.0 Å². The maximum atomic E-state index is 13.4. The van der Waals surface area contributed by atoms with Crippen LogP contribution in [0, 0.1) is 17.7 Å². The van der Waals surface area contributed by atoms with E-state index in [4.69, 9.17) is 9.47 Å². The Kier molecular flexibility index (Phi) is 10.3. The SMILES string of the molecule is CC(C)(C)OC(=O)N1CCC[C@H]1COc1cncc(CC2CCC(CCSC(=O)c3cccc(F)c3)CC2)c1. The fraction of sp³-hybridized carbons (Fsp3) is 0.581. The third-order valence-electron chi connectivity index (χ3n) is 7.53. The molecular weight excluding hydrogens is 515 g/mol. The number of hydrogen-bond donors (Lipinski definition) is 0. The molecule has 2 aromatic rings. The molecule has 8 heteroatoms. The van der Waals surface area contributed by atoms with Gasteiger partial charge in [-0.1, -0.05) is 36.7 Å². The summed E-state index contributed by atoms with van der Waals surface area (Å²) in [7, 11) is 0. The minimum atomic E-state index is -0.509. The summed E-state index contributed by atoms with van der Waals surface area (Å²) in [6, 6.07) is 8.02. The number of halogens is 1. The quantitative estimate of drug-likeness (QED) is 0.323. The van der Waals surface area contributed by atoms with Gasteiger partial charge in [0.2, 0.25) is 5.12 Å². The molecule has 1 aliphatic heterocycles. The molecule has 1 saturated heterocycles. The van der Waals surface area contributed by atoms with Crippen molar-refractivity contribution in [3.8, 4) is 5.75 Å². The highest BCUT2D eigenvalue weighted by Gasteiger charge is 2.32. The Morgan fingerprint density at radius 2 is 1.85 bits per heavy atom. The fourth-order valence-electron chi connectivity index (χ4n) is 5.49. The second-order valence-corrected chi connectivity index (χ2v) is 12.9. The number of amides is 1. The van der Waals surface area contributed by atoms with E-state index in [1.165, 1.54) is 55.1 Å². The number of hydrogen-bond acceptors (Lipinski definition) is 6. The van der Waals surface area contributed by atoms with E-state index in [1.54, 1.807) is 23.2 Å². The van der Waals surface area contributed by atoms with Crippen LogP contribution in [-0.2, 0) is 11.2 Å². The van der Waals surface area contributed by atoms with Crippen molar-refractivity contribution in [3.63, 3.8) is 0 Å². The summed E-state index contributed by atoms with van der Waals surface area (Å²) < 4.78 is 25.0. The van der Waals surface area contributed by atoms with Gasteiger partial charge in [0.1, 0.15) is 23.8 Å². The topological polar surface area (TPSA) is 68.7 Å². The minimum Gasteiger partial charge on any atom is -0.490 e. The zero-order valence-electron chi connectivity index (χ0n) is 23.4. The molecule has 0 spiro atoms. The predicted molar refractivity (Wildman–Crippen MR) is 153 cm³/mol. The molecule has 0 N–H and O–H groups in total. The number of pyridine rings is 1. The number of benzene rings is 1. The van der Waals surface area contributed by atoms with Gasteiger partial charge >= 0.3 is 6.09 Å². The first-order chi connectivity index (χ1) is 18.7. The van der Waals surface area contributed by atoms with E-state index in [-0.39, 0.29) is 23.1 Å². The molecule has 2 aliphatic rings. The standard InChI is InChI=1S/C31H41FN2O4S/c1-31(2,3)38-30(36)34-14-5-8-27(34)21-37-28-17-24(19-33-20-28)16-23-11-9-22(10-12-23)13-15-39-29(35)25-6-4-7-26(32)18-25/h4,6-7,17-20,22-23,27H,5,8-16,21H2,1-3H3/t22?,23?,27-/m0/s1. The molecule has 39 heavy (non-hydrogen) atoms. The van der Waals surface area contributed by atoms with E-state index >= 15 is 0 Å². The molecule has 1 aromatic carbocycles. The molecule has 1 aromatic heterocycles. The lowest BCUT2D eigenvalue weighted by molar-refractivity contribution is 0.0187. The first-order valence-electron chi connectivity index (χ1n) is 14.2. The van der Waals surface area contributed by atoms with Gasteiger partial charge in [0.05, 0.1) is 12.2 Å². The van der Waals surface area contributed by atoms with Gasteiger partial charge < -0.3 is 14.4 Å². The number of ether oxygens (including phenoxy) is 2. The van der Waals surface area contributed by atoms with Crippen LogP contribution in [0.15, 0.2) is 42.7 Å². The van der Waals surface area contributed by atoms with E-state index in [1.807, 2.05) is 27.0 Å². The largest absolute Gasteiger partial charge is 0.490 e. The fourth-order valence-corrected chi connectivity index (χ4v) is 6.42. The lowest BCUT2D eigenvalue weighted by Crippen LogP contribution is -2.42. The number of rotatable bonds is 9. The Balaban J connectivity index is 1.17. The van der Waals surface area contributed by atoms with Crippen molar-refractivity contribution in [2.24, 2.45) is 11.8 Å². The zero-order chi connectivity index (χ0) is 27.8. The van der Waals surface area contributed by atoms with Gasteiger partial charge in [-0.25, -0.2) is 9.18 Å². The van der Waals surface area contributed by atoms with E-state index in [0.29, 0.717) is 30.6 Å². The predicted octanol–water partition coefficient (Wildman–Crippen LogP) is 7.31. The molecule has 0 bridgehead atoms. The first-order valence-corrected chi connectivity index (χ1v) is 15.1. The molecular formula is C31H41FN2O4S. The van der Waals surface area contributed by atoms with Gasteiger partial charge in [0.25, 0.3) is 0 Å². The Bertz CT molecular complexity index is 1110. The smallest absolute Gasteiger partial charge is 0.410 e. The summed E-state index contributed by atoms with van der Waals surface area (Å²) in [5.41, 5.74) is 1.11. The maximum Gasteiger partial charge on any atom is 0.410 e. The van der Waals surface area contributed by atoms with Crippen LogP contribution in [-0.4, -0.2) is 51.6 Å². The van der Waals surface area contributed by atoms with Gasteiger partial charge in [-0.2, -0.15) is 0 Å². The Morgan fingerprint density at radius 1 is 1.08 bits per heavy atom. The second-order valence-electron chi connectivity index (χ2n) is 11.8. The molecule has 1 atom stereocenters. The number of carbonyl (C=O) groups is 2. The number of likely N-dealkylation sites (tertiary alicyclic amines) is 1. The molecule has 2 heterocycles. The Morgan fingerprint density at radius 3 is 2.59 bits per heavy atom. The van der Waals surface area contributed by atoms with Crippen LogP contribution in [0.4, 0.5) is 9.18 Å². The van der Waals surface area contributed by atoms with Crippen molar-refractivity contribution in [1.82, 2.24) is 9.88 Å². The molecule has 1 aliphatic carbocycles. The average molecular weight is 557 g/mol. The summed E-state index contributed by atoms with van der Waals surface area (Å²) in [6.45, 7) is 6.79. The van der Waals surface area contributed by atoms with E-state index in [0.717, 1.165) is 37.2 Å². The monoisotopic (exact) mass is 556 g/mol. The molecule has 2 fully saturated rings. The average Bonchev–Trinajstić information content (AvgIpc) is 3.37. The van der Waals surface area contributed by atoms with Crippen LogP contribution < -0.4 is 4.74 Å². The molecule has 4 rings (SSSR count). The summed E-state index contributed by atoms with van der Waals surface area (Å²) in [5.74, 6) is 2.42. The highest BCUT2D eigenvalue weighted by atomic mass is 32.2. The molecule has 212 valence electrons. The summed E-state index contributed by atoms with van der Waals surface area (Å²) in [4.78, 5) is 31.0.